The molecule has 0 saturated carbocycles. The second-order valence-corrected chi connectivity index (χ2v) is 4.10. The Bertz CT molecular complexity index is 364. The van der Waals surface area contributed by atoms with Crippen LogP contribution in [0.1, 0.15) is 13.8 Å². The van der Waals surface area contributed by atoms with Gasteiger partial charge in [0.25, 0.3) is 5.56 Å². The molecule has 1 aliphatic rings. The quantitative estimate of drug-likeness (QED) is 0.719. The molecule has 1 fully saturated rings. The molecule has 14 heavy (non-hydrogen) atoms. The molecule has 0 bridgehead atoms. The van der Waals surface area contributed by atoms with Crippen molar-refractivity contribution in [3.63, 3.8) is 0 Å². The molecule has 0 spiro atoms. The number of hydrogen-bond acceptors (Lipinski definition) is 3. The average Bonchev–Trinajstić information content (AvgIpc) is 2.48. The maximum absolute atomic E-state index is 11.5. The molecule has 1 N–H and O–H groups in total. The zero-order valence-corrected chi connectivity index (χ0v) is 8.53. The molecule has 1 aromatic rings. The lowest BCUT2D eigenvalue weighted by molar-refractivity contribution is 0.494. The zero-order valence-electron chi connectivity index (χ0n) is 8.53. The van der Waals surface area contributed by atoms with Gasteiger partial charge in [-0.05, 0) is 11.8 Å². The number of nitrogens with zero attached hydrogens (tertiary/aromatic N) is 2. The third-order valence-electron chi connectivity index (χ3n) is 2.98. The van der Waals surface area contributed by atoms with Crippen molar-refractivity contribution < 1.29 is 0 Å². The number of anilines is 1. The fourth-order valence-electron chi connectivity index (χ4n) is 1.87. The fraction of sp³-hybridized carbons (Fsp3) is 0.600. The monoisotopic (exact) mass is 193 g/mol. The van der Waals surface area contributed by atoms with Crippen LogP contribution in [0, 0.1) is 11.8 Å². The van der Waals surface area contributed by atoms with Crippen LogP contribution in [-0.4, -0.2) is 23.1 Å². The van der Waals surface area contributed by atoms with Gasteiger partial charge < -0.3 is 9.88 Å². The predicted molar refractivity (Wildman–Crippen MR) is 55.4 cm³/mol. The van der Waals surface area contributed by atoms with Gasteiger partial charge >= 0.3 is 0 Å². The molecule has 0 aromatic carbocycles. The van der Waals surface area contributed by atoms with Crippen molar-refractivity contribution in [2.45, 2.75) is 13.8 Å². The molecule has 76 valence electrons. The molecule has 0 aliphatic carbocycles. The number of aromatic amines is 1. The van der Waals surface area contributed by atoms with Gasteiger partial charge in [0.05, 0.1) is 0 Å². The van der Waals surface area contributed by atoms with E-state index < -0.39 is 0 Å². The van der Waals surface area contributed by atoms with E-state index in [4.69, 9.17) is 0 Å². The van der Waals surface area contributed by atoms with Gasteiger partial charge in [-0.1, -0.05) is 13.8 Å². The summed E-state index contributed by atoms with van der Waals surface area (Å²) in [7, 11) is 0. The largest absolute Gasteiger partial charge is 0.351 e. The zero-order chi connectivity index (χ0) is 10.1. The van der Waals surface area contributed by atoms with Crippen LogP contribution >= 0.6 is 0 Å². The predicted octanol–water partition coefficient (Wildman–Crippen LogP) is 0.862. The molecule has 1 aliphatic heterocycles. The minimum absolute atomic E-state index is 0.0891. The third kappa shape index (κ3) is 1.52. The van der Waals surface area contributed by atoms with Gasteiger partial charge in [0.1, 0.15) is 0 Å². The highest BCUT2D eigenvalue weighted by Gasteiger charge is 2.27. The van der Waals surface area contributed by atoms with Crippen molar-refractivity contribution in [2.75, 3.05) is 18.0 Å². The number of hydrogen-bond donors (Lipinski definition) is 1. The van der Waals surface area contributed by atoms with Crippen molar-refractivity contribution in [1.29, 1.82) is 0 Å². The summed E-state index contributed by atoms with van der Waals surface area (Å²) in [6.45, 7) is 6.28. The Morgan fingerprint density at radius 1 is 1.43 bits per heavy atom. The topological polar surface area (TPSA) is 49.0 Å². The molecule has 0 amide bonds. The lowest BCUT2D eigenvalue weighted by Crippen LogP contribution is -2.27. The SMILES string of the molecule is CC1CN(c2ncc[nH]c2=O)CC1C. The molecule has 1 saturated heterocycles. The Morgan fingerprint density at radius 3 is 2.64 bits per heavy atom. The Hall–Kier alpha value is -1.32. The summed E-state index contributed by atoms with van der Waals surface area (Å²) < 4.78 is 0. The summed E-state index contributed by atoms with van der Waals surface area (Å²) >= 11 is 0. The lowest BCUT2D eigenvalue weighted by Gasteiger charge is -2.14. The number of H-pyrrole nitrogens is 1. The summed E-state index contributed by atoms with van der Waals surface area (Å²) in [6, 6.07) is 0. The van der Waals surface area contributed by atoms with Crippen LogP contribution in [0.3, 0.4) is 0 Å². The van der Waals surface area contributed by atoms with Crippen molar-refractivity contribution in [3.8, 4) is 0 Å². The second kappa shape index (κ2) is 3.44. The fourth-order valence-corrected chi connectivity index (χ4v) is 1.87. The van der Waals surface area contributed by atoms with Crippen LogP contribution in [0.15, 0.2) is 17.2 Å². The number of nitrogens with one attached hydrogen (secondary N) is 1. The molecule has 4 heteroatoms. The maximum Gasteiger partial charge on any atom is 0.290 e. The summed E-state index contributed by atoms with van der Waals surface area (Å²) in [6.07, 6.45) is 3.19. The molecular formula is C10H15N3O. The Balaban J connectivity index is 2.26. The van der Waals surface area contributed by atoms with Crippen molar-refractivity contribution in [3.05, 3.63) is 22.7 Å². The van der Waals surface area contributed by atoms with E-state index in [9.17, 15) is 4.79 Å². The Kier molecular flexibility index (Phi) is 2.27. The van der Waals surface area contributed by atoms with E-state index in [0.717, 1.165) is 13.1 Å². The first-order valence-corrected chi connectivity index (χ1v) is 4.97. The first kappa shape index (κ1) is 9.24. The van der Waals surface area contributed by atoms with Crippen LogP contribution in [0.25, 0.3) is 0 Å². The van der Waals surface area contributed by atoms with E-state index >= 15 is 0 Å². The highest BCUT2D eigenvalue weighted by Crippen LogP contribution is 2.23. The third-order valence-corrected chi connectivity index (χ3v) is 2.98. The maximum atomic E-state index is 11.5. The molecule has 2 atom stereocenters. The van der Waals surface area contributed by atoms with E-state index in [1.165, 1.54) is 0 Å². The van der Waals surface area contributed by atoms with Gasteiger partial charge in [-0.15, -0.1) is 0 Å². The molecule has 0 radical (unpaired) electrons. The molecule has 1 aromatic heterocycles. The summed E-state index contributed by atoms with van der Waals surface area (Å²) in [5, 5.41) is 0. The molecule has 4 nitrogen and oxygen atoms in total. The summed E-state index contributed by atoms with van der Waals surface area (Å²) in [5.41, 5.74) is -0.0891. The van der Waals surface area contributed by atoms with E-state index in [-0.39, 0.29) is 5.56 Å². The van der Waals surface area contributed by atoms with Gasteiger partial charge in [-0.25, -0.2) is 4.98 Å². The number of rotatable bonds is 1. The molecule has 2 heterocycles. The standard InChI is InChI=1S/C10H15N3O/c1-7-5-13(6-8(7)2)9-10(14)12-4-3-11-9/h3-4,7-8H,5-6H2,1-2H3,(H,12,14). The second-order valence-electron chi connectivity index (χ2n) is 4.10. The summed E-state index contributed by atoms with van der Waals surface area (Å²) in [5.74, 6) is 1.83. The van der Waals surface area contributed by atoms with Gasteiger partial charge in [0, 0.05) is 25.5 Å². The highest BCUT2D eigenvalue weighted by molar-refractivity contribution is 5.36. The van der Waals surface area contributed by atoms with Crippen molar-refractivity contribution in [2.24, 2.45) is 11.8 Å². The average molecular weight is 193 g/mol. The van der Waals surface area contributed by atoms with Gasteiger partial charge in [0.2, 0.25) is 0 Å². The van der Waals surface area contributed by atoms with Crippen LogP contribution in [0.2, 0.25) is 0 Å². The van der Waals surface area contributed by atoms with Gasteiger partial charge in [0.15, 0.2) is 5.82 Å². The highest BCUT2D eigenvalue weighted by atomic mass is 16.1. The first-order chi connectivity index (χ1) is 6.68. The van der Waals surface area contributed by atoms with E-state index in [1.54, 1.807) is 12.4 Å². The minimum Gasteiger partial charge on any atom is -0.351 e. The van der Waals surface area contributed by atoms with Crippen molar-refractivity contribution in [1.82, 2.24) is 9.97 Å². The minimum atomic E-state index is -0.0891. The molecular weight excluding hydrogens is 178 g/mol. The molecule has 2 unspecified atom stereocenters. The Morgan fingerprint density at radius 2 is 2.07 bits per heavy atom. The number of aromatic nitrogens is 2. The first-order valence-electron chi connectivity index (χ1n) is 4.97. The van der Waals surface area contributed by atoms with E-state index in [0.29, 0.717) is 17.7 Å². The van der Waals surface area contributed by atoms with Gasteiger partial charge in [-0.2, -0.15) is 0 Å². The van der Waals surface area contributed by atoms with Crippen LogP contribution < -0.4 is 10.5 Å². The Labute approximate surface area is 83.0 Å². The van der Waals surface area contributed by atoms with Crippen LogP contribution in [0.4, 0.5) is 5.82 Å². The van der Waals surface area contributed by atoms with E-state index in [2.05, 4.69) is 28.7 Å². The smallest absolute Gasteiger partial charge is 0.290 e. The summed E-state index contributed by atoms with van der Waals surface area (Å²) in [4.78, 5) is 20.3. The molecule has 2 rings (SSSR count). The lowest BCUT2D eigenvalue weighted by atomic mass is 10.0. The van der Waals surface area contributed by atoms with Crippen LogP contribution in [0.5, 0.6) is 0 Å². The van der Waals surface area contributed by atoms with Gasteiger partial charge in [-0.3, -0.25) is 4.79 Å². The van der Waals surface area contributed by atoms with E-state index in [1.807, 2.05) is 0 Å². The van der Waals surface area contributed by atoms with Crippen molar-refractivity contribution >= 4 is 5.82 Å². The van der Waals surface area contributed by atoms with Crippen LogP contribution in [-0.2, 0) is 0 Å². The normalized spacial score (nSPS) is 26.9.